The fourth-order valence-electron chi connectivity index (χ4n) is 5.95. The summed E-state index contributed by atoms with van der Waals surface area (Å²) in [5.41, 5.74) is 0.575. The molecule has 1 aromatic carbocycles. The van der Waals surface area contributed by atoms with Gasteiger partial charge in [-0.05, 0) is 48.3 Å². The molecule has 3 amide bonds. The number of nitrogens with zero attached hydrogens (tertiary/aromatic N) is 1. The van der Waals surface area contributed by atoms with Crippen molar-refractivity contribution < 1.29 is 28.3 Å². The van der Waals surface area contributed by atoms with Crippen LogP contribution in [-0.4, -0.2) is 65.9 Å². The lowest BCUT2D eigenvalue weighted by Crippen LogP contribution is -2.54. The molecule has 35 heavy (non-hydrogen) atoms. The topological polar surface area (TPSA) is 121 Å². The van der Waals surface area contributed by atoms with Crippen molar-refractivity contribution in [3.8, 4) is 0 Å². The number of H-pyrrole nitrogens is 1. The highest BCUT2D eigenvalue weighted by molar-refractivity contribution is 6.01. The van der Waals surface area contributed by atoms with Gasteiger partial charge in [0.1, 0.15) is 23.6 Å². The third-order valence-corrected chi connectivity index (χ3v) is 8.06. The Bertz CT molecular complexity index is 1220. The zero-order valence-electron chi connectivity index (χ0n) is 19.9. The minimum Gasteiger partial charge on any atom is -0.467 e. The number of aromatic amines is 1. The lowest BCUT2D eigenvalue weighted by molar-refractivity contribution is -0.146. The first-order valence-corrected chi connectivity index (χ1v) is 11.9. The van der Waals surface area contributed by atoms with Crippen LogP contribution in [0, 0.1) is 29.0 Å². The monoisotopic (exact) mass is 484 g/mol. The number of amides is 3. The van der Waals surface area contributed by atoms with Crippen LogP contribution >= 0.6 is 0 Å². The maximum absolute atomic E-state index is 14.2. The number of aromatic nitrogens is 1. The number of fused-ring (bicyclic) bond motifs is 2. The number of hydrogen-bond donors (Lipinski definition) is 3. The summed E-state index contributed by atoms with van der Waals surface area (Å²) in [7, 11) is 1.23. The first kappa shape index (κ1) is 23.3. The van der Waals surface area contributed by atoms with Crippen molar-refractivity contribution in [2.75, 3.05) is 20.2 Å². The van der Waals surface area contributed by atoms with Crippen LogP contribution < -0.4 is 10.6 Å². The molecular formula is C25H29FN4O5. The first-order chi connectivity index (χ1) is 16.6. The minimum absolute atomic E-state index is 0.0689. The molecule has 10 heteroatoms. The summed E-state index contributed by atoms with van der Waals surface area (Å²) in [6.45, 7) is 5.03. The Kier molecular flexibility index (Phi) is 5.56. The third kappa shape index (κ3) is 3.84. The van der Waals surface area contributed by atoms with E-state index in [9.17, 15) is 23.6 Å². The Hall–Kier alpha value is -3.43. The van der Waals surface area contributed by atoms with Crippen LogP contribution in [0.25, 0.3) is 10.9 Å². The number of methoxy groups -OCH3 is 1. The molecule has 1 aliphatic carbocycles. The van der Waals surface area contributed by atoms with E-state index in [4.69, 9.17) is 4.74 Å². The van der Waals surface area contributed by atoms with E-state index in [1.54, 1.807) is 12.1 Å². The summed E-state index contributed by atoms with van der Waals surface area (Å²) in [6, 6.07) is 4.25. The van der Waals surface area contributed by atoms with E-state index in [0.29, 0.717) is 30.4 Å². The largest absolute Gasteiger partial charge is 0.467 e. The maximum Gasteiger partial charge on any atom is 0.328 e. The summed E-state index contributed by atoms with van der Waals surface area (Å²) in [5.74, 6) is -2.39. The molecule has 1 saturated carbocycles. The van der Waals surface area contributed by atoms with Crippen molar-refractivity contribution in [2.24, 2.45) is 23.2 Å². The van der Waals surface area contributed by atoms with Gasteiger partial charge < -0.3 is 25.3 Å². The van der Waals surface area contributed by atoms with Gasteiger partial charge in [-0.3, -0.25) is 14.4 Å². The molecular weight excluding hydrogens is 455 g/mol. The van der Waals surface area contributed by atoms with Gasteiger partial charge in [-0.1, -0.05) is 19.9 Å². The second-order valence-electron chi connectivity index (χ2n) is 10.3. The number of halogens is 1. The van der Waals surface area contributed by atoms with E-state index in [0.717, 1.165) is 0 Å². The third-order valence-electron chi connectivity index (χ3n) is 8.06. The van der Waals surface area contributed by atoms with Crippen molar-refractivity contribution in [3.05, 3.63) is 35.8 Å². The molecule has 0 radical (unpaired) electrons. The average Bonchev–Trinajstić information content (AvgIpc) is 3.34. The maximum atomic E-state index is 14.2. The highest BCUT2D eigenvalue weighted by Crippen LogP contribution is 2.65. The van der Waals surface area contributed by atoms with E-state index in [1.807, 2.05) is 0 Å². The van der Waals surface area contributed by atoms with Crippen LogP contribution in [0.3, 0.4) is 0 Å². The summed E-state index contributed by atoms with van der Waals surface area (Å²) in [6.07, 6.45) is 0.703. The fraction of sp³-hybridized carbons (Fsp3) is 0.520. The SMILES string of the molecule is COC(=O)[C@H](C[C@@H]1CCNC1=O)NC(=O)[C@@H]1[C@@H]2[C@H](CN1C(=O)c1cc3c(F)cccc3[nH]1)C2(C)C. The molecule has 0 unspecified atom stereocenters. The number of carbonyl (C=O) groups is 4. The predicted molar refractivity (Wildman–Crippen MR) is 124 cm³/mol. The number of likely N-dealkylation sites (tertiary alicyclic amines) is 1. The second-order valence-corrected chi connectivity index (χ2v) is 10.3. The van der Waals surface area contributed by atoms with Crippen LogP contribution in [0.15, 0.2) is 24.3 Å². The molecule has 2 saturated heterocycles. The van der Waals surface area contributed by atoms with Crippen molar-refractivity contribution in [3.63, 3.8) is 0 Å². The molecule has 5 atom stereocenters. The van der Waals surface area contributed by atoms with Gasteiger partial charge in [-0.25, -0.2) is 9.18 Å². The van der Waals surface area contributed by atoms with Gasteiger partial charge in [0.2, 0.25) is 11.8 Å². The van der Waals surface area contributed by atoms with Gasteiger partial charge in [-0.15, -0.1) is 0 Å². The number of hydrogen-bond acceptors (Lipinski definition) is 5. The fourth-order valence-corrected chi connectivity index (χ4v) is 5.95. The molecule has 2 aromatic rings. The normalized spacial score (nSPS) is 27.3. The van der Waals surface area contributed by atoms with Crippen molar-refractivity contribution in [1.82, 2.24) is 20.5 Å². The van der Waals surface area contributed by atoms with Gasteiger partial charge in [0.05, 0.1) is 7.11 Å². The molecule has 3 aliphatic rings. The lowest BCUT2D eigenvalue weighted by atomic mass is 9.96. The number of rotatable bonds is 6. The van der Waals surface area contributed by atoms with Gasteiger partial charge in [0, 0.05) is 29.9 Å². The second kappa shape index (κ2) is 8.35. The quantitative estimate of drug-likeness (QED) is 0.538. The van der Waals surface area contributed by atoms with E-state index in [-0.39, 0.29) is 35.3 Å². The van der Waals surface area contributed by atoms with Crippen LogP contribution in [0.5, 0.6) is 0 Å². The predicted octanol–water partition coefficient (Wildman–Crippen LogP) is 1.59. The zero-order chi connectivity index (χ0) is 25.1. The number of ether oxygens (including phenoxy) is 1. The smallest absolute Gasteiger partial charge is 0.328 e. The molecule has 3 fully saturated rings. The van der Waals surface area contributed by atoms with Crippen LogP contribution in [-0.2, 0) is 19.1 Å². The van der Waals surface area contributed by atoms with Gasteiger partial charge in [0.25, 0.3) is 5.91 Å². The van der Waals surface area contributed by atoms with Crippen LogP contribution in [0.1, 0.15) is 37.2 Å². The van der Waals surface area contributed by atoms with E-state index in [2.05, 4.69) is 29.5 Å². The zero-order valence-corrected chi connectivity index (χ0v) is 19.9. The van der Waals surface area contributed by atoms with E-state index < -0.39 is 41.6 Å². The Morgan fingerprint density at radius 3 is 2.74 bits per heavy atom. The van der Waals surface area contributed by atoms with E-state index in [1.165, 1.54) is 24.1 Å². The Labute approximate surface area is 201 Å². The number of benzene rings is 1. The molecule has 0 bridgehead atoms. The van der Waals surface area contributed by atoms with Crippen molar-refractivity contribution in [1.29, 1.82) is 0 Å². The van der Waals surface area contributed by atoms with Crippen molar-refractivity contribution >= 4 is 34.6 Å². The van der Waals surface area contributed by atoms with Crippen LogP contribution in [0.4, 0.5) is 4.39 Å². The molecule has 0 spiro atoms. The molecule has 1 aromatic heterocycles. The van der Waals surface area contributed by atoms with E-state index >= 15 is 0 Å². The highest BCUT2D eigenvalue weighted by Gasteiger charge is 2.69. The molecule has 3 N–H and O–H groups in total. The molecule has 5 rings (SSSR count). The van der Waals surface area contributed by atoms with Gasteiger partial charge >= 0.3 is 5.97 Å². The minimum atomic E-state index is -0.999. The Morgan fingerprint density at radius 2 is 2.09 bits per heavy atom. The van der Waals surface area contributed by atoms with Crippen molar-refractivity contribution in [2.45, 2.75) is 38.8 Å². The summed E-state index contributed by atoms with van der Waals surface area (Å²) in [5, 5.41) is 5.81. The molecule has 186 valence electrons. The lowest BCUT2D eigenvalue weighted by Gasteiger charge is -2.31. The summed E-state index contributed by atoms with van der Waals surface area (Å²) < 4.78 is 19.1. The number of piperidine rings is 1. The van der Waals surface area contributed by atoms with Gasteiger partial charge in [-0.2, -0.15) is 0 Å². The summed E-state index contributed by atoms with van der Waals surface area (Å²) in [4.78, 5) is 56.0. The molecule has 2 aliphatic heterocycles. The number of nitrogens with one attached hydrogen (secondary N) is 3. The summed E-state index contributed by atoms with van der Waals surface area (Å²) >= 11 is 0. The number of carbonyl (C=O) groups excluding carboxylic acids is 4. The van der Waals surface area contributed by atoms with Gasteiger partial charge in [0.15, 0.2) is 0 Å². The Balaban J connectivity index is 1.39. The van der Waals surface area contributed by atoms with Crippen LogP contribution in [0.2, 0.25) is 0 Å². The average molecular weight is 485 g/mol. The molecule has 9 nitrogen and oxygen atoms in total. The number of esters is 1. The Morgan fingerprint density at radius 1 is 1.31 bits per heavy atom. The standard InChI is InChI=1S/C25H29FN4O5/c1-25(2)14-11-30(23(33)17-10-13-15(26)5-4-6-16(13)28-17)20(19(14)25)22(32)29-18(24(34)35-3)9-12-7-8-27-21(12)31/h4-6,10,12,14,18-20,28H,7-9,11H2,1-3H3,(H,27,31)(H,29,32)/t12-,14-,18-,19-,20-/m0/s1. The highest BCUT2D eigenvalue weighted by atomic mass is 19.1. The molecule has 3 heterocycles. The first-order valence-electron chi connectivity index (χ1n) is 11.9.